The lowest BCUT2D eigenvalue weighted by molar-refractivity contribution is 0.730. The molecule has 0 amide bonds. The van der Waals surface area contributed by atoms with Gasteiger partial charge in [-0.25, -0.2) is 0 Å². The molecule has 62 valence electrons. The predicted octanol–water partition coefficient (Wildman–Crippen LogP) is 1.28. The summed E-state index contributed by atoms with van der Waals surface area (Å²) >= 11 is 0. The highest BCUT2D eigenvalue weighted by atomic mass is 14.9. The number of nitrogens with one attached hydrogen (secondary N) is 1. The maximum absolute atomic E-state index is 5.35. The summed E-state index contributed by atoms with van der Waals surface area (Å²) < 4.78 is 0. The molecular weight excluding hydrogens is 148 g/mol. The molecule has 1 unspecified atom stereocenters. The third-order valence-corrected chi connectivity index (χ3v) is 1.83. The van der Waals surface area contributed by atoms with Crippen molar-refractivity contribution < 1.29 is 0 Å². The van der Waals surface area contributed by atoms with E-state index in [1.807, 2.05) is 26.2 Å². The monoisotopic (exact) mass is 160 g/mol. The van der Waals surface area contributed by atoms with Crippen molar-refractivity contribution in [3.05, 3.63) is 29.6 Å². The average Bonchev–Trinajstić information content (AvgIpc) is 2.10. The fourth-order valence-electron chi connectivity index (χ4n) is 1.14. The van der Waals surface area contributed by atoms with Gasteiger partial charge in [-0.3, -0.25) is 4.98 Å². The number of hydrogen-bond donors (Lipinski definition) is 1. The van der Waals surface area contributed by atoms with Gasteiger partial charge in [-0.15, -0.1) is 6.42 Å². The number of aryl methyl sites for hydroxylation is 1. The summed E-state index contributed by atoms with van der Waals surface area (Å²) in [6, 6.07) is 1.93. The second-order valence-corrected chi connectivity index (χ2v) is 2.62. The molecule has 12 heavy (non-hydrogen) atoms. The molecule has 1 heterocycles. The van der Waals surface area contributed by atoms with E-state index in [-0.39, 0.29) is 6.04 Å². The van der Waals surface area contributed by atoms with Crippen molar-refractivity contribution in [1.29, 1.82) is 0 Å². The molecule has 1 atom stereocenters. The van der Waals surface area contributed by atoms with Crippen molar-refractivity contribution in [2.75, 3.05) is 7.05 Å². The summed E-state index contributed by atoms with van der Waals surface area (Å²) in [6.45, 7) is 2.00. The molecule has 0 saturated carbocycles. The van der Waals surface area contributed by atoms with E-state index in [0.29, 0.717) is 0 Å². The minimum Gasteiger partial charge on any atom is -0.303 e. The Morgan fingerprint density at radius 2 is 2.42 bits per heavy atom. The molecule has 0 aliphatic heterocycles. The van der Waals surface area contributed by atoms with Gasteiger partial charge in [-0.1, -0.05) is 5.92 Å². The fourth-order valence-corrected chi connectivity index (χ4v) is 1.14. The van der Waals surface area contributed by atoms with Gasteiger partial charge < -0.3 is 5.32 Å². The Balaban J connectivity index is 3.02. The lowest BCUT2D eigenvalue weighted by atomic mass is 10.0. The normalized spacial score (nSPS) is 12.1. The largest absolute Gasteiger partial charge is 0.303 e. The zero-order chi connectivity index (χ0) is 8.97. The molecule has 1 N–H and O–H groups in total. The number of terminal acetylenes is 1. The Labute approximate surface area is 73.0 Å². The molecule has 0 spiro atoms. The Bertz CT molecular complexity index is 299. The van der Waals surface area contributed by atoms with E-state index < -0.39 is 0 Å². The summed E-state index contributed by atoms with van der Waals surface area (Å²) in [5.74, 6) is 2.67. The first kappa shape index (κ1) is 8.76. The van der Waals surface area contributed by atoms with Crippen LogP contribution in [-0.4, -0.2) is 12.0 Å². The van der Waals surface area contributed by atoms with E-state index in [9.17, 15) is 0 Å². The maximum Gasteiger partial charge on any atom is 0.0944 e. The summed E-state index contributed by atoms with van der Waals surface area (Å²) in [4.78, 5) is 4.00. The van der Waals surface area contributed by atoms with Crippen LogP contribution in [-0.2, 0) is 0 Å². The van der Waals surface area contributed by atoms with Crippen LogP contribution >= 0.6 is 0 Å². The highest BCUT2D eigenvalue weighted by Crippen LogP contribution is 2.14. The highest BCUT2D eigenvalue weighted by Gasteiger charge is 2.06. The highest BCUT2D eigenvalue weighted by molar-refractivity contribution is 5.30. The van der Waals surface area contributed by atoms with Gasteiger partial charge in [0.1, 0.15) is 0 Å². The van der Waals surface area contributed by atoms with Gasteiger partial charge in [0, 0.05) is 12.4 Å². The van der Waals surface area contributed by atoms with Crippen LogP contribution in [0.3, 0.4) is 0 Å². The lowest BCUT2D eigenvalue weighted by Crippen LogP contribution is -2.15. The van der Waals surface area contributed by atoms with Crippen LogP contribution in [0.25, 0.3) is 0 Å². The molecule has 0 aliphatic carbocycles. The topological polar surface area (TPSA) is 24.9 Å². The van der Waals surface area contributed by atoms with Crippen molar-refractivity contribution >= 4 is 0 Å². The van der Waals surface area contributed by atoms with Gasteiger partial charge in [0.15, 0.2) is 0 Å². The molecular formula is C10H12N2. The quantitative estimate of drug-likeness (QED) is 0.659. The maximum atomic E-state index is 5.35. The number of nitrogens with zero attached hydrogens (tertiary/aromatic N) is 1. The van der Waals surface area contributed by atoms with Crippen molar-refractivity contribution in [1.82, 2.24) is 10.3 Å². The summed E-state index contributed by atoms with van der Waals surface area (Å²) in [5.41, 5.74) is 2.24. The van der Waals surface area contributed by atoms with Crippen LogP contribution in [0.1, 0.15) is 17.2 Å². The summed E-state index contributed by atoms with van der Waals surface area (Å²) in [7, 11) is 1.85. The molecule has 2 heteroatoms. The number of rotatable bonds is 2. The summed E-state index contributed by atoms with van der Waals surface area (Å²) in [5, 5.41) is 3.04. The minimum atomic E-state index is -0.00648. The number of hydrogen-bond acceptors (Lipinski definition) is 2. The van der Waals surface area contributed by atoms with E-state index in [2.05, 4.69) is 16.2 Å². The number of pyridine rings is 1. The molecule has 0 fully saturated rings. The van der Waals surface area contributed by atoms with Crippen LogP contribution in [0.4, 0.5) is 0 Å². The van der Waals surface area contributed by atoms with Crippen molar-refractivity contribution in [2.24, 2.45) is 0 Å². The average molecular weight is 160 g/mol. The summed E-state index contributed by atoms with van der Waals surface area (Å²) in [6.07, 6.45) is 8.92. The molecule has 1 aromatic heterocycles. The molecule has 0 bridgehead atoms. The second-order valence-electron chi connectivity index (χ2n) is 2.62. The van der Waals surface area contributed by atoms with Gasteiger partial charge in [0.05, 0.1) is 6.04 Å². The van der Waals surface area contributed by atoms with Gasteiger partial charge >= 0.3 is 0 Å². The van der Waals surface area contributed by atoms with Crippen LogP contribution in [0, 0.1) is 19.3 Å². The first-order valence-corrected chi connectivity index (χ1v) is 3.83. The molecule has 0 aromatic carbocycles. The molecule has 1 rings (SSSR count). The van der Waals surface area contributed by atoms with Gasteiger partial charge in [-0.05, 0) is 31.2 Å². The van der Waals surface area contributed by atoms with Gasteiger partial charge in [0.25, 0.3) is 0 Å². The van der Waals surface area contributed by atoms with Gasteiger partial charge in [0.2, 0.25) is 0 Å². The second kappa shape index (κ2) is 3.89. The van der Waals surface area contributed by atoms with Crippen LogP contribution in [0.15, 0.2) is 18.5 Å². The molecule has 0 radical (unpaired) electrons. The molecule has 0 aliphatic rings. The molecule has 1 aromatic rings. The van der Waals surface area contributed by atoms with Crippen LogP contribution in [0.2, 0.25) is 0 Å². The third-order valence-electron chi connectivity index (χ3n) is 1.83. The molecule has 0 saturated heterocycles. The first-order chi connectivity index (χ1) is 5.79. The van der Waals surface area contributed by atoms with Crippen LogP contribution in [0.5, 0.6) is 0 Å². The zero-order valence-electron chi connectivity index (χ0n) is 7.33. The van der Waals surface area contributed by atoms with E-state index in [0.717, 1.165) is 11.1 Å². The third kappa shape index (κ3) is 1.63. The zero-order valence-corrected chi connectivity index (χ0v) is 7.33. The fraction of sp³-hybridized carbons (Fsp3) is 0.300. The van der Waals surface area contributed by atoms with Crippen molar-refractivity contribution in [3.63, 3.8) is 0 Å². The Morgan fingerprint density at radius 3 is 2.92 bits per heavy atom. The SMILES string of the molecule is C#CC(NC)c1ccncc1C. The molecule has 2 nitrogen and oxygen atoms in total. The lowest BCUT2D eigenvalue weighted by Gasteiger charge is -2.11. The number of aromatic nitrogens is 1. The van der Waals surface area contributed by atoms with Crippen molar-refractivity contribution in [3.8, 4) is 12.3 Å². The standard InChI is InChI=1S/C10H12N2/c1-4-10(11-3)9-5-6-12-7-8(9)2/h1,5-7,10-11H,2-3H3. The van der Waals surface area contributed by atoms with Crippen LogP contribution < -0.4 is 5.32 Å². The van der Waals surface area contributed by atoms with Gasteiger partial charge in [-0.2, -0.15) is 0 Å². The van der Waals surface area contributed by atoms with E-state index >= 15 is 0 Å². The predicted molar refractivity (Wildman–Crippen MR) is 49.6 cm³/mol. The smallest absolute Gasteiger partial charge is 0.0944 e. The Morgan fingerprint density at radius 1 is 1.67 bits per heavy atom. The Hall–Kier alpha value is -1.33. The Kier molecular flexibility index (Phi) is 2.84. The first-order valence-electron chi connectivity index (χ1n) is 3.83. The van der Waals surface area contributed by atoms with E-state index in [1.165, 1.54) is 0 Å². The van der Waals surface area contributed by atoms with E-state index in [4.69, 9.17) is 6.42 Å². The van der Waals surface area contributed by atoms with E-state index in [1.54, 1.807) is 6.20 Å². The van der Waals surface area contributed by atoms with Crippen molar-refractivity contribution in [2.45, 2.75) is 13.0 Å². The minimum absolute atomic E-state index is 0.00648.